The van der Waals surface area contributed by atoms with Gasteiger partial charge >= 0.3 is 6.61 Å². The summed E-state index contributed by atoms with van der Waals surface area (Å²) in [6.45, 7) is -2.88. The largest absolute Gasteiger partial charge is 0.435 e. The maximum atomic E-state index is 12.9. The first kappa shape index (κ1) is 15.9. The summed E-state index contributed by atoms with van der Waals surface area (Å²) < 4.78 is 29.2. The average molecular weight is 335 g/mol. The van der Waals surface area contributed by atoms with Gasteiger partial charge in [-0.25, -0.2) is 0 Å². The smallest absolute Gasteiger partial charge is 0.387 e. The maximum absolute atomic E-state index is 12.9. The molecule has 0 unspecified atom stereocenters. The van der Waals surface area contributed by atoms with Crippen LogP contribution in [-0.2, 0) is 0 Å². The summed E-state index contributed by atoms with van der Waals surface area (Å²) in [6, 6.07) is 6.43. The molecule has 4 saturated carbocycles. The second-order valence-electron chi connectivity index (χ2n) is 7.74. The van der Waals surface area contributed by atoms with Crippen molar-refractivity contribution in [2.75, 3.05) is 7.05 Å². The van der Waals surface area contributed by atoms with Gasteiger partial charge in [-0.05, 0) is 74.0 Å². The number of benzene rings is 1. The summed E-state index contributed by atoms with van der Waals surface area (Å²) in [7, 11) is 1.87. The molecule has 24 heavy (non-hydrogen) atoms. The summed E-state index contributed by atoms with van der Waals surface area (Å²) in [4.78, 5) is 14.8. The van der Waals surface area contributed by atoms with Gasteiger partial charge in [0, 0.05) is 18.7 Å². The normalized spacial score (nSPS) is 33.8. The maximum Gasteiger partial charge on any atom is 0.387 e. The third-order valence-corrected chi connectivity index (χ3v) is 6.25. The number of ether oxygens (including phenoxy) is 1. The minimum atomic E-state index is -2.88. The number of amides is 1. The van der Waals surface area contributed by atoms with E-state index < -0.39 is 6.61 Å². The molecule has 4 fully saturated rings. The number of hydrogen-bond donors (Lipinski definition) is 0. The Hall–Kier alpha value is -1.65. The summed E-state index contributed by atoms with van der Waals surface area (Å²) in [5, 5.41) is 0. The fourth-order valence-electron chi connectivity index (χ4n) is 5.67. The van der Waals surface area contributed by atoms with E-state index in [1.165, 1.54) is 44.2 Å². The highest BCUT2D eigenvalue weighted by molar-refractivity contribution is 5.94. The van der Waals surface area contributed by atoms with Crippen LogP contribution < -0.4 is 4.74 Å². The second kappa shape index (κ2) is 6.01. The lowest BCUT2D eigenvalue weighted by Gasteiger charge is -2.56. The van der Waals surface area contributed by atoms with Crippen LogP contribution in [-0.4, -0.2) is 30.5 Å². The number of nitrogens with zero attached hydrogens (tertiary/aromatic N) is 1. The minimum Gasteiger partial charge on any atom is -0.435 e. The molecular formula is C19H23F2NO2. The Bertz CT molecular complexity index is 606. The molecule has 0 N–H and O–H groups in total. The number of hydrogen-bond acceptors (Lipinski definition) is 2. The predicted octanol–water partition coefficient (Wildman–Crippen LogP) is 4.18. The highest BCUT2D eigenvalue weighted by Crippen LogP contribution is 2.55. The van der Waals surface area contributed by atoms with Gasteiger partial charge < -0.3 is 9.64 Å². The van der Waals surface area contributed by atoms with Crippen LogP contribution in [0.1, 0.15) is 42.5 Å². The van der Waals surface area contributed by atoms with Crippen LogP contribution in [0.4, 0.5) is 8.78 Å². The highest BCUT2D eigenvalue weighted by Gasteiger charge is 2.50. The number of rotatable bonds is 4. The zero-order chi connectivity index (χ0) is 16.8. The summed E-state index contributed by atoms with van der Waals surface area (Å²) in [5.41, 5.74) is 0.421. The van der Waals surface area contributed by atoms with E-state index in [0.717, 1.165) is 11.8 Å². The molecule has 0 aliphatic heterocycles. The number of carbonyl (C=O) groups is 1. The van der Waals surface area contributed by atoms with Crippen LogP contribution in [0, 0.1) is 23.7 Å². The fraction of sp³-hybridized carbons (Fsp3) is 0.632. The summed E-state index contributed by atoms with van der Waals surface area (Å²) in [6.07, 6.45) is 6.34. The van der Waals surface area contributed by atoms with Crippen molar-refractivity contribution < 1.29 is 18.3 Å². The van der Waals surface area contributed by atoms with Crippen LogP contribution >= 0.6 is 0 Å². The van der Waals surface area contributed by atoms with E-state index in [-0.39, 0.29) is 11.7 Å². The molecule has 0 heterocycles. The monoisotopic (exact) mass is 335 g/mol. The molecule has 0 aromatic heterocycles. The number of carbonyl (C=O) groups excluding carboxylic acids is 1. The van der Waals surface area contributed by atoms with Crippen molar-refractivity contribution in [1.29, 1.82) is 0 Å². The third-order valence-electron chi connectivity index (χ3n) is 6.25. The third kappa shape index (κ3) is 2.78. The van der Waals surface area contributed by atoms with Crippen LogP contribution in [0.15, 0.2) is 24.3 Å². The first-order valence-electron chi connectivity index (χ1n) is 8.83. The second-order valence-corrected chi connectivity index (χ2v) is 7.74. The van der Waals surface area contributed by atoms with E-state index in [9.17, 15) is 13.6 Å². The van der Waals surface area contributed by atoms with E-state index in [1.807, 2.05) is 11.9 Å². The molecular weight excluding hydrogens is 312 g/mol. The van der Waals surface area contributed by atoms with Gasteiger partial charge in [0.2, 0.25) is 0 Å². The fourth-order valence-corrected chi connectivity index (χ4v) is 5.67. The first-order chi connectivity index (χ1) is 11.5. The Kier molecular flexibility index (Phi) is 3.97. The molecule has 0 saturated heterocycles. The Balaban J connectivity index is 1.52. The Labute approximate surface area is 141 Å². The molecule has 130 valence electrons. The Morgan fingerprint density at radius 3 is 2.33 bits per heavy atom. The molecule has 4 aliphatic carbocycles. The molecule has 1 amide bonds. The van der Waals surface area contributed by atoms with Crippen molar-refractivity contribution in [1.82, 2.24) is 4.90 Å². The molecule has 0 spiro atoms. The van der Waals surface area contributed by atoms with Gasteiger partial charge in [0.15, 0.2) is 0 Å². The number of halogens is 2. The van der Waals surface area contributed by atoms with Gasteiger partial charge in [-0.1, -0.05) is 6.07 Å². The Morgan fingerprint density at radius 2 is 1.75 bits per heavy atom. The highest BCUT2D eigenvalue weighted by atomic mass is 19.3. The molecule has 4 aliphatic rings. The SMILES string of the molecule is CN(C(=O)c1cccc(OC(F)F)c1)C1C2CC3CC(C2)CC1C3. The summed E-state index contributed by atoms with van der Waals surface area (Å²) >= 11 is 0. The molecule has 5 rings (SSSR count). The van der Waals surface area contributed by atoms with Crippen molar-refractivity contribution in [3.05, 3.63) is 29.8 Å². The van der Waals surface area contributed by atoms with Gasteiger partial charge in [-0.2, -0.15) is 8.78 Å². The lowest BCUT2D eigenvalue weighted by molar-refractivity contribution is -0.0506. The van der Waals surface area contributed by atoms with Gasteiger partial charge in [0.1, 0.15) is 5.75 Å². The van der Waals surface area contributed by atoms with E-state index in [0.29, 0.717) is 23.4 Å². The Morgan fingerprint density at radius 1 is 1.12 bits per heavy atom. The molecule has 3 nitrogen and oxygen atoms in total. The zero-order valence-electron chi connectivity index (χ0n) is 13.8. The lowest BCUT2D eigenvalue weighted by Crippen LogP contribution is -2.56. The van der Waals surface area contributed by atoms with Gasteiger partial charge in [0.05, 0.1) is 0 Å². The van der Waals surface area contributed by atoms with E-state index in [2.05, 4.69) is 4.74 Å². The van der Waals surface area contributed by atoms with E-state index in [1.54, 1.807) is 12.1 Å². The molecule has 4 bridgehead atoms. The van der Waals surface area contributed by atoms with Crippen molar-refractivity contribution in [2.24, 2.45) is 23.7 Å². The van der Waals surface area contributed by atoms with E-state index in [4.69, 9.17) is 0 Å². The molecule has 1 aromatic rings. The molecule has 0 radical (unpaired) electrons. The minimum absolute atomic E-state index is 0.0364. The van der Waals surface area contributed by atoms with Gasteiger partial charge in [-0.15, -0.1) is 0 Å². The standard InChI is InChI=1S/C19H23F2NO2/c1-22(17-14-6-11-5-12(8-14)9-15(17)7-11)18(23)13-3-2-4-16(10-13)24-19(20)21/h2-4,10-12,14-15,17,19H,5-9H2,1H3. The molecule has 0 atom stereocenters. The number of alkyl halides is 2. The van der Waals surface area contributed by atoms with Crippen LogP contribution in [0.5, 0.6) is 5.75 Å². The van der Waals surface area contributed by atoms with Crippen LogP contribution in [0.3, 0.4) is 0 Å². The van der Waals surface area contributed by atoms with Gasteiger partial charge in [0.25, 0.3) is 5.91 Å². The van der Waals surface area contributed by atoms with Crippen molar-refractivity contribution >= 4 is 5.91 Å². The first-order valence-corrected chi connectivity index (χ1v) is 8.83. The van der Waals surface area contributed by atoms with Crippen molar-refractivity contribution in [2.45, 2.75) is 44.8 Å². The molecule has 1 aromatic carbocycles. The van der Waals surface area contributed by atoms with E-state index >= 15 is 0 Å². The van der Waals surface area contributed by atoms with Crippen LogP contribution in [0.2, 0.25) is 0 Å². The van der Waals surface area contributed by atoms with Crippen molar-refractivity contribution in [3.8, 4) is 5.75 Å². The quantitative estimate of drug-likeness (QED) is 0.826. The lowest BCUT2D eigenvalue weighted by atomic mass is 9.54. The molecule has 5 heteroatoms. The van der Waals surface area contributed by atoms with Gasteiger partial charge in [-0.3, -0.25) is 4.79 Å². The predicted molar refractivity (Wildman–Crippen MR) is 86.0 cm³/mol. The van der Waals surface area contributed by atoms with Crippen LogP contribution in [0.25, 0.3) is 0 Å². The zero-order valence-corrected chi connectivity index (χ0v) is 13.8. The topological polar surface area (TPSA) is 29.5 Å². The summed E-state index contributed by atoms with van der Waals surface area (Å²) in [5.74, 6) is 2.87. The average Bonchev–Trinajstić information content (AvgIpc) is 2.52. The van der Waals surface area contributed by atoms with Crippen molar-refractivity contribution in [3.63, 3.8) is 0 Å².